The predicted molar refractivity (Wildman–Crippen MR) is 73.1 cm³/mol. The highest BCUT2D eigenvalue weighted by atomic mass is 16.3. The lowest BCUT2D eigenvalue weighted by molar-refractivity contribution is 0.474. The average Bonchev–Trinajstić information content (AvgIpc) is 2.80. The molecule has 0 spiro atoms. The zero-order valence-corrected chi connectivity index (χ0v) is 9.67. The summed E-state index contributed by atoms with van der Waals surface area (Å²) >= 11 is 0. The van der Waals surface area contributed by atoms with Gasteiger partial charge in [0.25, 0.3) is 0 Å². The Labute approximate surface area is 104 Å². The molecule has 1 heterocycles. The van der Waals surface area contributed by atoms with Crippen LogP contribution in [0.4, 0.5) is 0 Å². The third-order valence-corrected chi connectivity index (χ3v) is 2.77. The Morgan fingerprint density at radius 2 is 1.72 bits per heavy atom. The number of aromatic amines is 1. The summed E-state index contributed by atoms with van der Waals surface area (Å²) in [6.07, 6.45) is 3.70. The molecule has 3 rings (SSSR count). The highest BCUT2D eigenvalue weighted by Crippen LogP contribution is 2.18. The number of hydrogen-bond acceptors (Lipinski definition) is 2. The first kappa shape index (κ1) is 10.6. The summed E-state index contributed by atoms with van der Waals surface area (Å²) in [6, 6.07) is 15.1. The Bertz CT molecular complexity index is 680. The lowest BCUT2D eigenvalue weighted by Gasteiger charge is -1.95. The van der Waals surface area contributed by atoms with Crippen LogP contribution in [0.15, 0.2) is 48.5 Å². The van der Waals surface area contributed by atoms with Crippen molar-refractivity contribution in [1.29, 1.82) is 0 Å². The van der Waals surface area contributed by atoms with Crippen molar-refractivity contribution in [3.8, 4) is 5.75 Å². The van der Waals surface area contributed by atoms with Gasteiger partial charge in [0.1, 0.15) is 11.6 Å². The zero-order valence-electron chi connectivity index (χ0n) is 9.67. The highest BCUT2D eigenvalue weighted by Gasteiger charge is 1.99. The molecule has 0 atom stereocenters. The minimum absolute atomic E-state index is 0.268. The number of benzene rings is 2. The molecule has 0 radical (unpaired) electrons. The Hall–Kier alpha value is -2.55. The van der Waals surface area contributed by atoms with Gasteiger partial charge in [-0.3, -0.25) is 0 Å². The van der Waals surface area contributed by atoms with E-state index in [2.05, 4.69) is 9.97 Å². The van der Waals surface area contributed by atoms with E-state index in [0.717, 1.165) is 22.4 Å². The van der Waals surface area contributed by atoms with E-state index in [9.17, 15) is 5.11 Å². The zero-order chi connectivity index (χ0) is 12.4. The van der Waals surface area contributed by atoms with Crippen LogP contribution in [0.2, 0.25) is 0 Å². The largest absolute Gasteiger partial charge is 0.507 e. The molecule has 18 heavy (non-hydrogen) atoms. The summed E-state index contributed by atoms with van der Waals surface area (Å²) in [4.78, 5) is 7.64. The summed E-state index contributed by atoms with van der Waals surface area (Å²) in [5.74, 6) is 1.05. The van der Waals surface area contributed by atoms with E-state index in [-0.39, 0.29) is 5.75 Å². The van der Waals surface area contributed by atoms with Crippen LogP contribution in [0.3, 0.4) is 0 Å². The van der Waals surface area contributed by atoms with Crippen LogP contribution >= 0.6 is 0 Å². The van der Waals surface area contributed by atoms with Gasteiger partial charge in [0.2, 0.25) is 0 Å². The molecule has 0 saturated heterocycles. The van der Waals surface area contributed by atoms with E-state index >= 15 is 0 Å². The van der Waals surface area contributed by atoms with Gasteiger partial charge in [-0.25, -0.2) is 4.98 Å². The van der Waals surface area contributed by atoms with Gasteiger partial charge in [-0.1, -0.05) is 30.3 Å². The van der Waals surface area contributed by atoms with Crippen LogP contribution in [0.25, 0.3) is 23.2 Å². The molecule has 2 aromatic carbocycles. The molecule has 0 aliphatic heterocycles. The number of aromatic nitrogens is 2. The molecule has 0 fully saturated rings. The van der Waals surface area contributed by atoms with E-state index in [0.29, 0.717) is 0 Å². The Morgan fingerprint density at radius 1 is 0.944 bits per heavy atom. The third-order valence-electron chi connectivity index (χ3n) is 2.77. The van der Waals surface area contributed by atoms with Crippen LogP contribution in [-0.2, 0) is 0 Å². The molecule has 88 valence electrons. The van der Waals surface area contributed by atoms with Gasteiger partial charge in [-0.2, -0.15) is 0 Å². The van der Waals surface area contributed by atoms with Gasteiger partial charge in [0.15, 0.2) is 0 Å². The topological polar surface area (TPSA) is 48.9 Å². The minimum atomic E-state index is 0.268. The molecule has 0 bridgehead atoms. The maximum Gasteiger partial charge on any atom is 0.131 e. The normalized spacial score (nSPS) is 11.3. The number of rotatable bonds is 2. The van der Waals surface area contributed by atoms with Crippen molar-refractivity contribution in [3.63, 3.8) is 0 Å². The summed E-state index contributed by atoms with van der Waals surface area (Å²) in [5.41, 5.74) is 2.72. The fraction of sp³-hybridized carbons (Fsp3) is 0. The van der Waals surface area contributed by atoms with Crippen molar-refractivity contribution in [2.75, 3.05) is 0 Å². The Morgan fingerprint density at radius 3 is 2.56 bits per heavy atom. The fourth-order valence-corrected chi connectivity index (χ4v) is 1.85. The lowest BCUT2D eigenvalue weighted by Crippen LogP contribution is -1.75. The van der Waals surface area contributed by atoms with Crippen molar-refractivity contribution in [1.82, 2.24) is 9.97 Å². The molecule has 0 saturated carbocycles. The molecular weight excluding hydrogens is 224 g/mol. The van der Waals surface area contributed by atoms with Crippen molar-refractivity contribution < 1.29 is 5.11 Å². The maximum atomic E-state index is 9.65. The van der Waals surface area contributed by atoms with Gasteiger partial charge in [-0.05, 0) is 30.4 Å². The highest BCUT2D eigenvalue weighted by molar-refractivity contribution is 5.79. The number of phenols is 1. The summed E-state index contributed by atoms with van der Waals surface area (Å²) < 4.78 is 0. The second kappa shape index (κ2) is 4.37. The number of H-pyrrole nitrogens is 1. The molecule has 3 heteroatoms. The first-order chi connectivity index (χ1) is 8.83. The van der Waals surface area contributed by atoms with Gasteiger partial charge in [0.05, 0.1) is 11.0 Å². The SMILES string of the molecule is Oc1ccccc1C=Cc1nc2ccccc2[nH]1. The third kappa shape index (κ3) is 1.98. The number of hydrogen-bond donors (Lipinski definition) is 2. The molecule has 3 aromatic rings. The van der Waals surface area contributed by atoms with Gasteiger partial charge in [-0.15, -0.1) is 0 Å². The molecule has 2 N–H and O–H groups in total. The maximum absolute atomic E-state index is 9.65. The van der Waals surface area contributed by atoms with Crippen LogP contribution < -0.4 is 0 Å². The van der Waals surface area contributed by atoms with Crippen LogP contribution in [0.5, 0.6) is 5.75 Å². The van der Waals surface area contributed by atoms with Crippen LogP contribution in [-0.4, -0.2) is 15.1 Å². The molecule has 3 nitrogen and oxygen atoms in total. The number of nitrogens with one attached hydrogen (secondary N) is 1. The first-order valence-corrected chi connectivity index (χ1v) is 5.74. The van der Waals surface area contributed by atoms with E-state index < -0.39 is 0 Å². The number of imidazole rings is 1. The summed E-state index contributed by atoms with van der Waals surface area (Å²) in [5, 5.41) is 9.65. The summed E-state index contributed by atoms with van der Waals surface area (Å²) in [6.45, 7) is 0. The second-order valence-corrected chi connectivity index (χ2v) is 4.03. The van der Waals surface area contributed by atoms with Crippen LogP contribution in [0.1, 0.15) is 11.4 Å². The number of fused-ring (bicyclic) bond motifs is 1. The minimum Gasteiger partial charge on any atom is -0.507 e. The first-order valence-electron chi connectivity index (χ1n) is 5.74. The van der Waals surface area contributed by atoms with Gasteiger partial charge < -0.3 is 10.1 Å². The fourth-order valence-electron chi connectivity index (χ4n) is 1.85. The molecular formula is C15H12N2O. The molecule has 0 aliphatic rings. The van der Waals surface area contributed by atoms with Crippen molar-refractivity contribution in [2.45, 2.75) is 0 Å². The van der Waals surface area contributed by atoms with E-state index in [1.54, 1.807) is 12.1 Å². The quantitative estimate of drug-likeness (QED) is 0.716. The van der Waals surface area contributed by atoms with E-state index in [1.165, 1.54) is 0 Å². The van der Waals surface area contributed by atoms with Crippen molar-refractivity contribution in [2.24, 2.45) is 0 Å². The smallest absolute Gasteiger partial charge is 0.131 e. The van der Waals surface area contributed by atoms with Crippen LogP contribution in [0, 0.1) is 0 Å². The predicted octanol–water partition coefficient (Wildman–Crippen LogP) is 3.44. The van der Waals surface area contributed by atoms with Gasteiger partial charge >= 0.3 is 0 Å². The van der Waals surface area contributed by atoms with Crippen molar-refractivity contribution in [3.05, 3.63) is 59.9 Å². The standard InChI is InChI=1S/C15H12N2O/c18-14-8-4-1-5-11(14)9-10-15-16-12-6-2-3-7-13(12)17-15/h1-10,18H,(H,16,17). The van der Waals surface area contributed by atoms with Crippen molar-refractivity contribution >= 4 is 23.2 Å². The Kier molecular flexibility index (Phi) is 2.57. The lowest BCUT2D eigenvalue weighted by atomic mass is 10.2. The second-order valence-electron chi connectivity index (χ2n) is 4.03. The van der Waals surface area contributed by atoms with E-state index in [4.69, 9.17) is 0 Å². The number of para-hydroxylation sites is 3. The average molecular weight is 236 g/mol. The van der Waals surface area contributed by atoms with Gasteiger partial charge in [0, 0.05) is 5.56 Å². The number of phenolic OH excluding ortho intramolecular Hbond substituents is 1. The molecule has 0 aliphatic carbocycles. The molecule has 1 aromatic heterocycles. The number of aromatic hydroxyl groups is 1. The monoisotopic (exact) mass is 236 g/mol. The van der Waals surface area contributed by atoms with E-state index in [1.807, 2.05) is 48.6 Å². The molecule has 0 unspecified atom stereocenters. The summed E-state index contributed by atoms with van der Waals surface area (Å²) in [7, 11) is 0. The molecule has 0 amide bonds. The number of nitrogens with zero attached hydrogens (tertiary/aromatic N) is 1. The Balaban J connectivity index is 1.95.